The summed E-state index contributed by atoms with van der Waals surface area (Å²) in [5.41, 5.74) is 1.47. The average molecular weight is 340 g/mol. The Labute approximate surface area is 142 Å². The number of piperazine rings is 1. The molecule has 0 bridgehead atoms. The van der Waals surface area contributed by atoms with Crippen LogP contribution in [0.2, 0.25) is 0 Å². The van der Waals surface area contributed by atoms with Gasteiger partial charge in [-0.3, -0.25) is 9.59 Å². The maximum Gasteiger partial charge on any atom is 0.323 e. The molecule has 3 heterocycles. The van der Waals surface area contributed by atoms with Crippen LogP contribution in [0.5, 0.6) is 0 Å². The van der Waals surface area contributed by atoms with Crippen molar-refractivity contribution in [1.82, 2.24) is 19.8 Å². The van der Waals surface area contributed by atoms with Crippen LogP contribution in [-0.4, -0.2) is 57.8 Å². The first-order valence-corrected chi connectivity index (χ1v) is 7.96. The van der Waals surface area contributed by atoms with Crippen molar-refractivity contribution >= 4 is 22.8 Å². The van der Waals surface area contributed by atoms with Crippen molar-refractivity contribution in [2.45, 2.75) is 0 Å². The second-order valence-corrected chi connectivity index (χ2v) is 5.90. The van der Waals surface area contributed by atoms with E-state index in [0.29, 0.717) is 48.5 Å². The molecule has 2 aromatic heterocycles. The molecule has 4 rings (SSSR count). The van der Waals surface area contributed by atoms with Gasteiger partial charge in [0.25, 0.3) is 11.8 Å². The summed E-state index contributed by atoms with van der Waals surface area (Å²) in [7, 11) is 0. The van der Waals surface area contributed by atoms with Crippen LogP contribution in [0.1, 0.15) is 20.9 Å². The Hall–Kier alpha value is -3.29. The highest BCUT2D eigenvalue weighted by Gasteiger charge is 2.26. The number of imidazole rings is 1. The van der Waals surface area contributed by atoms with Crippen molar-refractivity contribution in [2.24, 2.45) is 0 Å². The molecule has 1 aliphatic heterocycles. The Kier molecular flexibility index (Phi) is 3.64. The number of amides is 2. The molecule has 0 atom stereocenters. The van der Waals surface area contributed by atoms with E-state index in [-0.39, 0.29) is 17.5 Å². The van der Waals surface area contributed by atoms with Crippen LogP contribution in [-0.2, 0) is 0 Å². The molecular weight excluding hydrogens is 324 g/mol. The number of aromatic nitrogens is 2. The standard InChI is InChI=1S/C17H16N4O4/c22-15(11-3-4-12-13(10-11)19-17(24)18-12)20-5-7-21(8-6-20)16(23)14-2-1-9-25-14/h1-4,9-10H,5-8H2,(H2,18,19,24). The number of carbonyl (C=O) groups excluding carboxylic acids is 2. The van der Waals surface area contributed by atoms with Crippen molar-refractivity contribution < 1.29 is 14.0 Å². The topological polar surface area (TPSA) is 102 Å². The first kappa shape index (κ1) is 15.3. The molecule has 2 N–H and O–H groups in total. The van der Waals surface area contributed by atoms with Crippen molar-refractivity contribution in [3.63, 3.8) is 0 Å². The molecule has 2 amide bonds. The zero-order valence-corrected chi connectivity index (χ0v) is 13.3. The van der Waals surface area contributed by atoms with E-state index in [2.05, 4.69) is 9.97 Å². The van der Waals surface area contributed by atoms with Crippen molar-refractivity contribution in [3.05, 3.63) is 58.4 Å². The van der Waals surface area contributed by atoms with Gasteiger partial charge in [-0.2, -0.15) is 0 Å². The Bertz CT molecular complexity index is 978. The van der Waals surface area contributed by atoms with Gasteiger partial charge in [0.15, 0.2) is 5.76 Å². The maximum absolute atomic E-state index is 12.7. The van der Waals surface area contributed by atoms with Gasteiger partial charge >= 0.3 is 5.69 Å². The van der Waals surface area contributed by atoms with Crippen molar-refractivity contribution in [1.29, 1.82) is 0 Å². The Morgan fingerprint density at radius 1 is 0.920 bits per heavy atom. The van der Waals surface area contributed by atoms with Crippen LogP contribution >= 0.6 is 0 Å². The molecule has 0 unspecified atom stereocenters. The van der Waals surface area contributed by atoms with Gasteiger partial charge < -0.3 is 24.2 Å². The molecule has 0 radical (unpaired) electrons. The van der Waals surface area contributed by atoms with E-state index in [0.717, 1.165) is 0 Å². The van der Waals surface area contributed by atoms with E-state index in [1.165, 1.54) is 6.26 Å². The van der Waals surface area contributed by atoms with Gasteiger partial charge in [0.1, 0.15) is 0 Å². The molecular formula is C17H16N4O4. The first-order chi connectivity index (χ1) is 12.1. The summed E-state index contributed by atoms with van der Waals surface area (Å²) in [5, 5.41) is 0. The number of rotatable bonds is 2. The van der Waals surface area contributed by atoms with E-state index in [1.54, 1.807) is 40.1 Å². The van der Waals surface area contributed by atoms with Crippen molar-refractivity contribution in [2.75, 3.05) is 26.2 Å². The van der Waals surface area contributed by atoms with Crippen LogP contribution in [0.25, 0.3) is 11.0 Å². The number of fused-ring (bicyclic) bond motifs is 1. The minimum atomic E-state index is -0.301. The van der Waals surface area contributed by atoms with E-state index in [1.807, 2.05) is 0 Å². The predicted molar refractivity (Wildman–Crippen MR) is 89.4 cm³/mol. The molecule has 3 aromatic rings. The van der Waals surface area contributed by atoms with Gasteiger partial charge in [0.2, 0.25) is 0 Å². The monoisotopic (exact) mass is 340 g/mol. The van der Waals surface area contributed by atoms with E-state index >= 15 is 0 Å². The number of carbonyl (C=O) groups is 2. The number of hydrogen-bond donors (Lipinski definition) is 2. The smallest absolute Gasteiger partial charge is 0.323 e. The zero-order chi connectivity index (χ0) is 17.4. The highest BCUT2D eigenvalue weighted by atomic mass is 16.3. The van der Waals surface area contributed by atoms with Crippen LogP contribution in [0.3, 0.4) is 0 Å². The zero-order valence-electron chi connectivity index (χ0n) is 13.3. The average Bonchev–Trinajstić information content (AvgIpc) is 3.28. The molecule has 0 spiro atoms. The molecule has 25 heavy (non-hydrogen) atoms. The quantitative estimate of drug-likeness (QED) is 0.728. The summed E-state index contributed by atoms with van der Waals surface area (Å²) in [6.45, 7) is 1.81. The molecule has 1 aromatic carbocycles. The lowest BCUT2D eigenvalue weighted by Gasteiger charge is -2.34. The second kappa shape index (κ2) is 5.97. The largest absolute Gasteiger partial charge is 0.459 e. The molecule has 8 nitrogen and oxygen atoms in total. The van der Waals surface area contributed by atoms with Gasteiger partial charge in [-0.1, -0.05) is 0 Å². The van der Waals surface area contributed by atoms with Gasteiger partial charge in [0.05, 0.1) is 17.3 Å². The third kappa shape index (κ3) is 2.82. The first-order valence-electron chi connectivity index (χ1n) is 7.96. The van der Waals surface area contributed by atoms with Crippen LogP contribution in [0, 0.1) is 0 Å². The lowest BCUT2D eigenvalue weighted by molar-refractivity contribution is 0.0518. The Balaban J connectivity index is 1.45. The third-order valence-electron chi connectivity index (χ3n) is 4.35. The van der Waals surface area contributed by atoms with E-state index in [9.17, 15) is 14.4 Å². The normalized spacial score (nSPS) is 14.9. The highest BCUT2D eigenvalue weighted by molar-refractivity contribution is 5.97. The molecule has 128 valence electrons. The second-order valence-electron chi connectivity index (χ2n) is 5.90. The number of aromatic amines is 2. The lowest BCUT2D eigenvalue weighted by atomic mass is 10.1. The number of benzene rings is 1. The number of hydrogen-bond acceptors (Lipinski definition) is 4. The Morgan fingerprint density at radius 3 is 2.28 bits per heavy atom. The number of nitrogens with one attached hydrogen (secondary N) is 2. The number of H-pyrrole nitrogens is 2. The van der Waals surface area contributed by atoms with Gasteiger partial charge in [-0.15, -0.1) is 0 Å². The summed E-state index contributed by atoms with van der Waals surface area (Å²) in [6.07, 6.45) is 1.47. The van der Waals surface area contributed by atoms with Crippen molar-refractivity contribution in [3.8, 4) is 0 Å². The molecule has 8 heteroatoms. The summed E-state index contributed by atoms with van der Waals surface area (Å²) >= 11 is 0. The highest BCUT2D eigenvalue weighted by Crippen LogP contribution is 2.15. The summed E-state index contributed by atoms with van der Waals surface area (Å²) in [5.74, 6) is 0.0269. The van der Waals surface area contributed by atoms with Gasteiger partial charge in [-0.25, -0.2) is 4.79 Å². The number of nitrogens with zero attached hydrogens (tertiary/aromatic N) is 2. The summed E-state index contributed by atoms with van der Waals surface area (Å²) < 4.78 is 5.13. The maximum atomic E-state index is 12.7. The minimum absolute atomic E-state index is 0.117. The van der Waals surface area contributed by atoms with Crippen LogP contribution in [0.15, 0.2) is 45.8 Å². The summed E-state index contributed by atoms with van der Waals surface area (Å²) in [4.78, 5) is 44.9. The fourth-order valence-electron chi connectivity index (χ4n) is 3.02. The molecule has 0 aliphatic carbocycles. The minimum Gasteiger partial charge on any atom is -0.459 e. The van der Waals surface area contributed by atoms with Gasteiger partial charge in [0, 0.05) is 31.7 Å². The Morgan fingerprint density at radius 2 is 1.60 bits per heavy atom. The fraction of sp³-hybridized carbons (Fsp3) is 0.235. The fourth-order valence-corrected chi connectivity index (χ4v) is 3.02. The SMILES string of the molecule is O=C(c1ccc2[nH]c(=O)[nH]c2c1)N1CCN(C(=O)c2ccco2)CC1. The number of furan rings is 1. The van der Waals surface area contributed by atoms with Crippen LogP contribution < -0.4 is 5.69 Å². The summed E-state index contributed by atoms with van der Waals surface area (Å²) in [6, 6.07) is 8.36. The third-order valence-corrected chi connectivity index (χ3v) is 4.35. The van der Waals surface area contributed by atoms with Crippen LogP contribution in [0.4, 0.5) is 0 Å². The molecule has 1 fully saturated rings. The van der Waals surface area contributed by atoms with Gasteiger partial charge in [-0.05, 0) is 30.3 Å². The predicted octanol–water partition coefficient (Wildman–Crippen LogP) is 1.05. The van der Waals surface area contributed by atoms with E-state index in [4.69, 9.17) is 4.42 Å². The lowest BCUT2D eigenvalue weighted by Crippen LogP contribution is -2.50. The molecule has 0 saturated carbocycles. The molecule has 1 saturated heterocycles. The van der Waals surface area contributed by atoms with E-state index < -0.39 is 0 Å². The molecule has 1 aliphatic rings.